The van der Waals surface area contributed by atoms with Gasteiger partial charge in [-0.2, -0.15) is 4.98 Å². The van der Waals surface area contributed by atoms with E-state index < -0.39 is 0 Å². The van der Waals surface area contributed by atoms with Crippen molar-refractivity contribution < 1.29 is 9.32 Å². The van der Waals surface area contributed by atoms with Crippen LogP contribution >= 0.6 is 11.6 Å². The topological polar surface area (TPSA) is 59.2 Å². The monoisotopic (exact) mass is 383 g/mol. The van der Waals surface area contributed by atoms with Crippen molar-refractivity contribution in [1.82, 2.24) is 15.0 Å². The number of nitrogens with zero attached hydrogens (tertiary/aromatic N) is 3. The predicted octanol–water partition coefficient (Wildman–Crippen LogP) is 4.96. The largest absolute Gasteiger partial charge is 0.337 e. The van der Waals surface area contributed by atoms with Crippen molar-refractivity contribution in [2.24, 2.45) is 0 Å². The highest BCUT2D eigenvalue weighted by Crippen LogP contribution is 2.23. The minimum atomic E-state index is -0.0956. The zero-order valence-corrected chi connectivity index (χ0v) is 16.6. The molecule has 0 atom stereocenters. The third-order valence-corrected chi connectivity index (χ3v) is 4.54. The smallest absolute Gasteiger partial charge is 0.254 e. The van der Waals surface area contributed by atoms with Gasteiger partial charge in [0, 0.05) is 23.2 Å². The number of carbonyl (C=O) groups is 1. The molecule has 27 heavy (non-hydrogen) atoms. The molecular formula is C21H22ClN3O2. The average molecular weight is 384 g/mol. The van der Waals surface area contributed by atoms with E-state index in [-0.39, 0.29) is 17.9 Å². The molecule has 0 spiro atoms. The maximum Gasteiger partial charge on any atom is 0.254 e. The molecule has 3 rings (SSSR count). The summed E-state index contributed by atoms with van der Waals surface area (Å²) in [6.45, 7) is 6.66. The van der Waals surface area contributed by atoms with Crippen LogP contribution < -0.4 is 0 Å². The zero-order valence-electron chi connectivity index (χ0n) is 15.9. The Bertz CT molecular complexity index is 925. The Kier molecular flexibility index (Phi) is 5.33. The first kappa shape index (κ1) is 19.1. The van der Waals surface area contributed by atoms with Gasteiger partial charge in [-0.25, -0.2) is 0 Å². The Morgan fingerprint density at radius 1 is 1.07 bits per heavy atom. The maximum absolute atomic E-state index is 12.6. The Morgan fingerprint density at radius 2 is 1.70 bits per heavy atom. The second-order valence-corrected chi connectivity index (χ2v) is 7.94. The van der Waals surface area contributed by atoms with E-state index in [1.165, 1.54) is 5.56 Å². The van der Waals surface area contributed by atoms with E-state index in [2.05, 4.69) is 30.9 Å². The molecule has 1 amide bonds. The van der Waals surface area contributed by atoms with Gasteiger partial charge < -0.3 is 9.42 Å². The van der Waals surface area contributed by atoms with E-state index in [9.17, 15) is 4.79 Å². The molecule has 0 saturated carbocycles. The average Bonchev–Trinajstić information content (AvgIpc) is 3.09. The van der Waals surface area contributed by atoms with Gasteiger partial charge in [0.15, 0.2) is 0 Å². The van der Waals surface area contributed by atoms with Gasteiger partial charge in [0.1, 0.15) is 0 Å². The summed E-state index contributed by atoms with van der Waals surface area (Å²) in [5.41, 5.74) is 2.67. The van der Waals surface area contributed by atoms with Crippen molar-refractivity contribution in [1.29, 1.82) is 0 Å². The molecule has 0 aliphatic carbocycles. The van der Waals surface area contributed by atoms with Gasteiger partial charge in [-0.3, -0.25) is 4.79 Å². The van der Waals surface area contributed by atoms with E-state index in [4.69, 9.17) is 16.1 Å². The van der Waals surface area contributed by atoms with Crippen molar-refractivity contribution in [2.75, 3.05) is 7.05 Å². The molecule has 5 nitrogen and oxygen atoms in total. The minimum absolute atomic E-state index is 0.0509. The molecule has 0 N–H and O–H groups in total. The fraction of sp³-hybridized carbons (Fsp3) is 0.286. The lowest BCUT2D eigenvalue weighted by atomic mass is 9.86. The number of amides is 1. The minimum Gasteiger partial charge on any atom is -0.337 e. The second kappa shape index (κ2) is 7.53. The van der Waals surface area contributed by atoms with E-state index in [0.29, 0.717) is 22.3 Å². The Labute approximate surface area is 164 Å². The lowest BCUT2D eigenvalue weighted by molar-refractivity contribution is 0.0769. The molecular weight excluding hydrogens is 362 g/mol. The summed E-state index contributed by atoms with van der Waals surface area (Å²) in [7, 11) is 1.71. The molecule has 0 bridgehead atoms. The molecule has 3 aromatic rings. The highest BCUT2D eigenvalue weighted by Gasteiger charge is 2.18. The highest BCUT2D eigenvalue weighted by molar-refractivity contribution is 6.30. The summed E-state index contributed by atoms with van der Waals surface area (Å²) < 4.78 is 5.28. The summed E-state index contributed by atoms with van der Waals surface area (Å²) in [4.78, 5) is 18.6. The first-order valence-electron chi connectivity index (χ1n) is 8.68. The number of benzene rings is 2. The molecule has 0 unspecified atom stereocenters. The summed E-state index contributed by atoms with van der Waals surface area (Å²) >= 11 is 5.89. The van der Waals surface area contributed by atoms with Crippen LogP contribution in [-0.2, 0) is 12.0 Å². The van der Waals surface area contributed by atoms with Crippen molar-refractivity contribution in [2.45, 2.75) is 32.7 Å². The molecule has 0 aliphatic rings. The third-order valence-electron chi connectivity index (χ3n) is 4.29. The van der Waals surface area contributed by atoms with Crippen molar-refractivity contribution in [3.8, 4) is 11.4 Å². The van der Waals surface area contributed by atoms with Crippen LogP contribution in [0.1, 0.15) is 42.6 Å². The van der Waals surface area contributed by atoms with Gasteiger partial charge in [-0.15, -0.1) is 0 Å². The number of halogens is 1. The van der Waals surface area contributed by atoms with Gasteiger partial charge in [0.05, 0.1) is 6.54 Å². The van der Waals surface area contributed by atoms with E-state index in [0.717, 1.165) is 5.56 Å². The number of aromatic nitrogens is 2. The lowest BCUT2D eigenvalue weighted by Gasteiger charge is -2.20. The van der Waals surface area contributed by atoms with Crippen LogP contribution in [0.15, 0.2) is 53.1 Å². The van der Waals surface area contributed by atoms with Crippen LogP contribution in [0.5, 0.6) is 0 Å². The van der Waals surface area contributed by atoms with Crippen molar-refractivity contribution in [3.05, 3.63) is 70.6 Å². The first-order chi connectivity index (χ1) is 12.7. The first-order valence-corrected chi connectivity index (χ1v) is 9.06. The zero-order chi connectivity index (χ0) is 19.6. The molecule has 2 aromatic carbocycles. The number of rotatable bonds is 4. The standard InChI is InChI=1S/C21H22ClN3O2/c1-21(2,3)16-9-5-15(6-10-16)20(26)25(4)13-18-23-19(24-27-18)14-7-11-17(22)12-8-14/h5-12H,13H2,1-4H3. The van der Waals surface area contributed by atoms with Crippen LogP contribution in [-0.4, -0.2) is 28.0 Å². The Balaban J connectivity index is 1.69. The number of hydrogen-bond acceptors (Lipinski definition) is 4. The van der Waals surface area contributed by atoms with Gasteiger partial charge in [-0.05, 0) is 47.4 Å². The number of carbonyl (C=O) groups excluding carboxylic acids is 1. The van der Waals surface area contributed by atoms with Gasteiger partial charge >= 0.3 is 0 Å². The summed E-state index contributed by atoms with van der Waals surface area (Å²) in [6.07, 6.45) is 0. The molecule has 0 radical (unpaired) electrons. The fourth-order valence-corrected chi connectivity index (χ4v) is 2.77. The van der Waals surface area contributed by atoms with Crippen molar-refractivity contribution >= 4 is 17.5 Å². The van der Waals surface area contributed by atoms with Crippen LogP contribution in [0.25, 0.3) is 11.4 Å². The van der Waals surface area contributed by atoms with Crippen LogP contribution in [0.3, 0.4) is 0 Å². The van der Waals surface area contributed by atoms with Gasteiger partial charge in [-0.1, -0.05) is 49.7 Å². The third kappa shape index (κ3) is 4.55. The Morgan fingerprint density at radius 3 is 2.30 bits per heavy atom. The highest BCUT2D eigenvalue weighted by atomic mass is 35.5. The second-order valence-electron chi connectivity index (χ2n) is 7.51. The molecule has 0 aliphatic heterocycles. The maximum atomic E-state index is 12.6. The van der Waals surface area contributed by atoms with Crippen molar-refractivity contribution in [3.63, 3.8) is 0 Å². The lowest BCUT2D eigenvalue weighted by Crippen LogP contribution is -2.26. The summed E-state index contributed by atoms with van der Waals surface area (Å²) in [5, 5.41) is 4.62. The molecule has 140 valence electrons. The van der Waals surface area contributed by atoms with E-state index in [1.807, 2.05) is 36.4 Å². The number of hydrogen-bond donors (Lipinski definition) is 0. The van der Waals surface area contributed by atoms with E-state index in [1.54, 1.807) is 24.1 Å². The molecule has 0 saturated heterocycles. The molecule has 1 aromatic heterocycles. The van der Waals surface area contributed by atoms with Gasteiger partial charge in [0.25, 0.3) is 5.91 Å². The molecule has 0 fully saturated rings. The van der Waals surface area contributed by atoms with Crippen LogP contribution in [0.4, 0.5) is 0 Å². The quantitative estimate of drug-likeness (QED) is 0.638. The van der Waals surface area contributed by atoms with E-state index >= 15 is 0 Å². The SMILES string of the molecule is CN(Cc1nc(-c2ccc(Cl)cc2)no1)C(=O)c1ccc(C(C)(C)C)cc1. The van der Waals surface area contributed by atoms with Crippen LogP contribution in [0.2, 0.25) is 5.02 Å². The summed E-state index contributed by atoms with van der Waals surface area (Å²) in [5.74, 6) is 0.751. The predicted molar refractivity (Wildman–Crippen MR) is 106 cm³/mol. The molecule has 6 heteroatoms. The molecule has 1 heterocycles. The van der Waals surface area contributed by atoms with Gasteiger partial charge in [0.2, 0.25) is 11.7 Å². The van der Waals surface area contributed by atoms with Crippen LogP contribution in [0, 0.1) is 0 Å². The normalized spacial score (nSPS) is 11.4. The summed E-state index contributed by atoms with van der Waals surface area (Å²) in [6, 6.07) is 14.9. The Hall–Kier alpha value is -2.66. The fourth-order valence-electron chi connectivity index (χ4n) is 2.64.